The van der Waals surface area contributed by atoms with E-state index in [0.717, 1.165) is 66.0 Å². The van der Waals surface area contributed by atoms with Crippen LogP contribution in [0.25, 0.3) is 83.0 Å². The number of rotatable bonds is 9. The van der Waals surface area contributed by atoms with E-state index in [9.17, 15) is 0 Å². The molecule has 6 aromatic carbocycles. The standard InChI is InChI=1S/C57H42N8O2.2Pt/c1-33(2)37-23-25-58-55(27-37)63-49-13-9-7-11-43(49)45-19-15-39(29-51(45)63)66-41-17-21-47-48-22-18-42(32-54(48)65(53(47)31-41)57-61-35(5)60-36(6)62-57)67-40-16-20-46-44-12-8-10-14-50(44)64(52(46)30-40)56-28-38(34(3)4)24-26-59-56;;/h7-28,33-34H,1-6H3;;/q-4;2*+2. The first kappa shape index (κ1) is 45.8. The third kappa shape index (κ3) is 7.99. The molecule has 0 bridgehead atoms. The van der Waals surface area contributed by atoms with Crippen molar-refractivity contribution in [2.75, 3.05) is 0 Å². The zero-order valence-electron chi connectivity index (χ0n) is 38.4. The smallest absolute Gasteiger partial charge is 0.509 e. The van der Waals surface area contributed by atoms with Crippen LogP contribution in [0, 0.1) is 38.1 Å². The van der Waals surface area contributed by atoms with Gasteiger partial charge in [-0.1, -0.05) is 86.2 Å². The minimum atomic E-state index is 0. The molecule has 69 heavy (non-hydrogen) atoms. The van der Waals surface area contributed by atoms with E-state index < -0.39 is 0 Å². The van der Waals surface area contributed by atoms with Gasteiger partial charge in [0.15, 0.2) is 0 Å². The summed E-state index contributed by atoms with van der Waals surface area (Å²) >= 11 is 0. The van der Waals surface area contributed by atoms with Crippen LogP contribution in [-0.2, 0) is 42.1 Å². The maximum absolute atomic E-state index is 6.64. The zero-order valence-corrected chi connectivity index (χ0v) is 42.9. The predicted molar refractivity (Wildman–Crippen MR) is 264 cm³/mol. The molecule has 0 N–H and O–H groups in total. The summed E-state index contributed by atoms with van der Waals surface area (Å²) in [5.41, 5.74) is 7.68. The van der Waals surface area contributed by atoms with E-state index in [2.05, 4.69) is 151 Å². The van der Waals surface area contributed by atoms with Crippen molar-refractivity contribution in [3.8, 4) is 40.6 Å². The van der Waals surface area contributed by atoms with Gasteiger partial charge in [-0.25, -0.2) is 15.0 Å². The molecule has 0 spiro atoms. The summed E-state index contributed by atoms with van der Waals surface area (Å²) in [7, 11) is 0. The fraction of sp³-hybridized carbons (Fsp3) is 0.140. The second-order valence-corrected chi connectivity index (χ2v) is 17.5. The van der Waals surface area contributed by atoms with Crippen LogP contribution in [0.1, 0.15) is 62.3 Å². The van der Waals surface area contributed by atoms with Crippen molar-refractivity contribution in [2.24, 2.45) is 0 Å². The Hall–Kier alpha value is -6.99. The van der Waals surface area contributed by atoms with Gasteiger partial charge in [0.25, 0.3) is 0 Å². The fourth-order valence-corrected chi connectivity index (χ4v) is 9.26. The number of aryl methyl sites for hydroxylation is 2. The first-order valence-electron chi connectivity index (χ1n) is 22.5. The van der Waals surface area contributed by atoms with Crippen LogP contribution < -0.4 is 9.47 Å². The molecule has 12 aromatic rings. The largest absolute Gasteiger partial charge is 2.00 e. The first-order chi connectivity index (χ1) is 32.6. The second kappa shape index (κ2) is 18.2. The third-order valence-electron chi connectivity index (χ3n) is 12.5. The summed E-state index contributed by atoms with van der Waals surface area (Å²) in [6.07, 6.45) is 3.75. The van der Waals surface area contributed by atoms with Crippen molar-refractivity contribution in [3.05, 3.63) is 181 Å². The van der Waals surface area contributed by atoms with E-state index in [1.54, 1.807) is 0 Å². The summed E-state index contributed by atoms with van der Waals surface area (Å²) in [6, 6.07) is 55.5. The van der Waals surface area contributed by atoms with Gasteiger partial charge >= 0.3 is 42.1 Å². The second-order valence-electron chi connectivity index (χ2n) is 17.5. The number of hydrogen-bond acceptors (Lipinski definition) is 7. The molecule has 0 aliphatic heterocycles. The van der Waals surface area contributed by atoms with Crippen molar-refractivity contribution < 1.29 is 51.6 Å². The van der Waals surface area contributed by atoms with Crippen LogP contribution in [0.4, 0.5) is 0 Å². The van der Waals surface area contributed by atoms with Crippen molar-refractivity contribution >= 4 is 65.4 Å². The molecule has 0 amide bonds. The normalized spacial score (nSPS) is 11.7. The number of pyridine rings is 2. The molecule has 0 unspecified atom stereocenters. The molecular weight excluding hydrogens is 1220 g/mol. The maximum Gasteiger partial charge on any atom is 2.00 e. The summed E-state index contributed by atoms with van der Waals surface area (Å²) in [6.45, 7) is 12.5. The molecule has 0 atom stereocenters. The van der Waals surface area contributed by atoms with E-state index in [-0.39, 0.29) is 42.1 Å². The Balaban J connectivity index is 0.00000277. The number of ether oxygens (including phenoxy) is 2. The van der Waals surface area contributed by atoms with Gasteiger partial charge in [0, 0.05) is 46.4 Å². The van der Waals surface area contributed by atoms with Crippen molar-refractivity contribution in [3.63, 3.8) is 0 Å². The Morgan fingerprint density at radius 3 is 1.17 bits per heavy atom. The molecule has 0 aliphatic carbocycles. The average Bonchev–Trinajstić information content (AvgIpc) is 3.96. The Morgan fingerprint density at radius 1 is 0.420 bits per heavy atom. The third-order valence-corrected chi connectivity index (χ3v) is 12.5. The Morgan fingerprint density at radius 2 is 0.783 bits per heavy atom. The number of hydrogen-bond donors (Lipinski definition) is 0. The molecule has 342 valence electrons. The van der Waals surface area contributed by atoms with E-state index in [4.69, 9.17) is 29.4 Å². The van der Waals surface area contributed by atoms with Gasteiger partial charge < -0.3 is 23.2 Å². The van der Waals surface area contributed by atoms with Gasteiger partial charge in [-0.05, 0) is 84.0 Å². The van der Waals surface area contributed by atoms with Gasteiger partial charge in [-0.15, -0.1) is 59.3 Å². The molecule has 0 fully saturated rings. The van der Waals surface area contributed by atoms with Crippen LogP contribution in [0.2, 0.25) is 0 Å². The zero-order chi connectivity index (χ0) is 45.5. The van der Waals surface area contributed by atoms with Gasteiger partial charge in [-0.2, -0.15) is 45.0 Å². The number of benzene rings is 6. The number of para-hydroxylation sites is 2. The van der Waals surface area contributed by atoms with Gasteiger partial charge in [0.2, 0.25) is 5.95 Å². The topological polar surface area (TPSA) is 97.7 Å². The van der Waals surface area contributed by atoms with Crippen LogP contribution in [0.15, 0.2) is 134 Å². The Kier molecular flexibility index (Phi) is 12.0. The van der Waals surface area contributed by atoms with E-state index >= 15 is 0 Å². The molecule has 0 aliphatic rings. The van der Waals surface area contributed by atoms with E-state index in [0.29, 0.717) is 63.5 Å². The minimum absolute atomic E-state index is 0. The molecule has 0 saturated heterocycles. The molecule has 0 radical (unpaired) electrons. The quantitative estimate of drug-likeness (QED) is 0.133. The number of fused-ring (bicyclic) bond motifs is 9. The Labute approximate surface area is 427 Å². The van der Waals surface area contributed by atoms with Crippen LogP contribution in [0.3, 0.4) is 0 Å². The van der Waals surface area contributed by atoms with Crippen molar-refractivity contribution in [2.45, 2.75) is 53.4 Å². The SMILES string of the molecule is Cc1nc(C)nc(-n2c3[c-]c(Oc4[c-]c5c(cc4)c4ccccc4n5-c4cc(C(C)C)ccn4)ccc3c3ccc(Oc4[c-]c5c(cc4)c4ccccc4n5-c4cc(C(C)C)ccn4)[c-]c32)n1.[Pt+2].[Pt+2]. The molecule has 6 heterocycles. The summed E-state index contributed by atoms with van der Waals surface area (Å²) < 4.78 is 19.5. The monoisotopic (exact) mass is 1260 g/mol. The molecule has 0 saturated carbocycles. The van der Waals surface area contributed by atoms with Crippen LogP contribution >= 0.6 is 0 Å². The van der Waals surface area contributed by atoms with E-state index in [1.807, 2.05) is 67.2 Å². The number of aromatic nitrogens is 8. The van der Waals surface area contributed by atoms with Gasteiger partial charge in [-0.3, -0.25) is 0 Å². The molecule has 10 nitrogen and oxygen atoms in total. The molecule has 6 aromatic heterocycles. The van der Waals surface area contributed by atoms with Crippen LogP contribution in [-0.4, -0.2) is 38.6 Å². The maximum atomic E-state index is 6.64. The molecular formula is C57H42N8O2Pt2. The van der Waals surface area contributed by atoms with Gasteiger partial charge in [0.1, 0.15) is 23.3 Å². The van der Waals surface area contributed by atoms with Crippen molar-refractivity contribution in [1.29, 1.82) is 0 Å². The van der Waals surface area contributed by atoms with Crippen LogP contribution in [0.5, 0.6) is 23.0 Å². The summed E-state index contributed by atoms with van der Waals surface area (Å²) in [5.74, 6) is 6.08. The summed E-state index contributed by atoms with van der Waals surface area (Å²) in [4.78, 5) is 23.7. The first-order valence-corrected chi connectivity index (χ1v) is 22.5. The number of nitrogens with zero attached hydrogens (tertiary/aromatic N) is 8. The fourth-order valence-electron chi connectivity index (χ4n) is 9.26. The Bertz CT molecular complexity index is 3700. The molecule has 12 rings (SSSR count). The average molecular weight is 1260 g/mol. The summed E-state index contributed by atoms with van der Waals surface area (Å²) in [5, 5.41) is 6.19. The van der Waals surface area contributed by atoms with Crippen molar-refractivity contribution in [1.82, 2.24) is 38.6 Å². The minimum Gasteiger partial charge on any atom is -0.509 e. The van der Waals surface area contributed by atoms with E-state index in [1.165, 1.54) is 11.1 Å². The van der Waals surface area contributed by atoms with Gasteiger partial charge in [0.05, 0.1) is 0 Å². The predicted octanol–water partition coefficient (Wildman–Crippen LogP) is 13.6. The molecule has 12 heteroatoms.